The molecule has 116 valence electrons. The van der Waals surface area contributed by atoms with Gasteiger partial charge in [-0.25, -0.2) is 9.97 Å². The smallest absolute Gasteiger partial charge is 0.340 e. The van der Waals surface area contributed by atoms with Crippen LogP contribution in [0.5, 0.6) is 0 Å². The van der Waals surface area contributed by atoms with Crippen molar-refractivity contribution in [3.63, 3.8) is 0 Å². The number of carbonyl (C=O) groups is 1. The van der Waals surface area contributed by atoms with Crippen molar-refractivity contribution in [2.45, 2.75) is 26.1 Å². The molecule has 1 aliphatic rings. The van der Waals surface area contributed by atoms with Gasteiger partial charge in [0.2, 0.25) is 5.91 Å². The first-order valence-corrected chi connectivity index (χ1v) is 6.68. The van der Waals surface area contributed by atoms with Crippen molar-refractivity contribution >= 4 is 5.91 Å². The first kappa shape index (κ1) is 15.7. The molecule has 0 saturated carbocycles. The minimum Gasteiger partial charge on any atom is -0.340 e. The third-order valence-corrected chi connectivity index (χ3v) is 3.32. The number of aryl methyl sites for hydroxylation is 1. The molecule has 1 fully saturated rings. The standard InChI is InChI=1S/C13H17F3N4O/c1-10-6-11(18-9-17-10)8-19-2-4-20(5-3-19)12(21)7-13(14,15)16/h6,9H,2-5,7-8H2,1H3. The maximum atomic E-state index is 12.2. The van der Waals surface area contributed by atoms with Crippen LogP contribution in [0, 0.1) is 6.92 Å². The number of aromatic nitrogens is 2. The molecular weight excluding hydrogens is 285 g/mol. The molecule has 1 aromatic rings. The highest BCUT2D eigenvalue weighted by Gasteiger charge is 2.34. The second-order valence-corrected chi connectivity index (χ2v) is 5.10. The second-order valence-electron chi connectivity index (χ2n) is 5.10. The molecule has 1 amide bonds. The third kappa shape index (κ3) is 4.96. The first-order chi connectivity index (χ1) is 9.83. The molecule has 0 N–H and O–H groups in total. The first-order valence-electron chi connectivity index (χ1n) is 6.68. The molecule has 0 aromatic carbocycles. The van der Waals surface area contributed by atoms with E-state index in [0.29, 0.717) is 32.7 Å². The number of rotatable bonds is 3. The number of hydrogen-bond donors (Lipinski definition) is 0. The SMILES string of the molecule is Cc1cc(CN2CCN(C(=O)CC(F)(F)F)CC2)ncn1. The predicted molar refractivity (Wildman–Crippen MR) is 69.3 cm³/mol. The molecule has 1 aromatic heterocycles. The van der Waals surface area contributed by atoms with Gasteiger partial charge in [0.15, 0.2) is 0 Å². The van der Waals surface area contributed by atoms with Gasteiger partial charge < -0.3 is 4.90 Å². The van der Waals surface area contributed by atoms with Gasteiger partial charge in [-0.15, -0.1) is 0 Å². The molecule has 0 spiro atoms. The van der Waals surface area contributed by atoms with E-state index in [9.17, 15) is 18.0 Å². The van der Waals surface area contributed by atoms with Crippen molar-refractivity contribution in [1.29, 1.82) is 0 Å². The van der Waals surface area contributed by atoms with Crippen LogP contribution in [0.15, 0.2) is 12.4 Å². The van der Waals surface area contributed by atoms with Gasteiger partial charge in [0, 0.05) is 38.4 Å². The molecule has 0 aliphatic carbocycles. The van der Waals surface area contributed by atoms with Crippen LogP contribution in [-0.4, -0.2) is 58.0 Å². The Morgan fingerprint density at radius 2 is 1.90 bits per heavy atom. The Morgan fingerprint density at radius 1 is 1.24 bits per heavy atom. The molecule has 0 radical (unpaired) electrons. The van der Waals surface area contributed by atoms with Crippen LogP contribution in [0.2, 0.25) is 0 Å². The fraction of sp³-hybridized carbons (Fsp3) is 0.615. The Hall–Kier alpha value is -1.70. The van der Waals surface area contributed by atoms with Crippen LogP contribution in [0.4, 0.5) is 13.2 Å². The summed E-state index contributed by atoms with van der Waals surface area (Å²) < 4.78 is 36.6. The fourth-order valence-electron chi connectivity index (χ4n) is 2.26. The topological polar surface area (TPSA) is 49.3 Å². The van der Waals surface area contributed by atoms with Gasteiger partial charge in [0.25, 0.3) is 0 Å². The minimum absolute atomic E-state index is 0.318. The van der Waals surface area contributed by atoms with Gasteiger partial charge in [-0.1, -0.05) is 0 Å². The summed E-state index contributed by atoms with van der Waals surface area (Å²) in [5.74, 6) is -0.847. The molecule has 1 aliphatic heterocycles. The summed E-state index contributed by atoms with van der Waals surface area (Å²) in [5.41, 5.74) is 1.75. The van der Waals surface area contributed by atoms with Crippen LogP contribution in [0.25, 0.3) is 0 Å². The van der Waals surface area contributed by atoms with Gasteiger partial charge in [-0.3, -0.25) is 9.69 Å². The quantitative estimate of drug-likeness (QED) is 0.846. The molecule has 0 atom stereocenters. The lowest BCUT2D eigenvalue weighted by molar-refractivity contribution is -0.162. The summed E-state index contributed by atoms with van der Waals surface area (Å²) in [6.07, 6.45) is -4.32. The van der Waals surface area contributed by atoms with Crippen LogP contribution < -0.4 is 0 Å². The zero-order valence-corrected chi connectivity index (χ0v) is 11.7. The normalized spacial score (nSPS) is 17.0. The molecule has 21 heavy (non-hydrogen) atoms. The average molecular weight is 302 g/mol. The number of alkyl halides is 3. The van der Waals surface area contributed by atoms with E-state index in [1.165, 1.54) is 11.2 Å². The van der Waals surface area contributed by atoms with E-state index in [4.69, 9.17) is 0 Å². The zero-order valence-electron chi connectivity index (χ0n) is 11.7. The monoisotopic (exact) mass is 302 g/mol. The Balaban J connectivity index is 1.82. The van der Waals surface area contributed by atoms with Gasteiger partial charge in [0.1, 0.15) is 12.7 Å². The van der Waals surface area contributed by atoms with Crippen LogP contribution >= 0.6 is 0 Å². The van der Waals surface area contributed by atoms with Crippen molar-refractivity contribution in [1.82, 2.24) is 19.8 Å². The zero-order chi connectivity index (χ0) is 15.5. The summed E-state index contributed by atoms with van der Waals surface area (Å²) in [6, 6.07) is 1.88. The van der Waals surface area contributed by atoms with Crippen molar-refractivity contribution in [3.05, 3.63) is 23.8 Å². The molecule has 8 heteroatoms. The van der Waals surface area contributed by atoms with Crippen LogP contribution in [-0.2, 0) is 11.3 Å². The number of amides is 1. The Kier molecular flexibility index (Phi) is 4.76. The Morgan fingerprint density at radius 3 is 2.48 bits per heavy atom. The highest BCUT2D eigenvalue weighted by molar-refractivity contribution is 5.76. The van der Waals surface area contributed by atoms with E-state index in [0.717, 1.165) is 11.4 Å². The predicted octanol–water partition coefficient (Wildman–Crippen LogP) is 1.38. The van der Waals surface area contributed by atoms with Gasteiger partial charge in [-0.2, -0.15) is 13.2 Å². The fourth-order valence-corrected chi connectivity index (χ4v) is 2.26. The molecule has 0 unspecified atom stereocenters. The maximum Gasteiger partial charge on any atom is 0.397 e. The third-order valence-electron chi connectivity index (χ3n) is 3.32. The number of hydrogen-bond acceptors (Lipinski definition) is 4. The number of halogens is 3. The highest BCUT2D eigenvalue weighted by atomic mass is 19.4. The molecule has 2 rings (SSSR count). The number of piperazine rings is 1. The van der Waals surface area contributed by atoms with Gasteiger partial charge in [-0.05, 0) is 13.0 Å². The van der Waals surface area contributed by atoms with E-state index >= 15 is 0 Å². The lowest BCUT2D eigenvalue weighted by Crippen LogP contribution is -2.49. The number of nitrogens with zero attached hydrogens (tertiary/aromatic N) is 4. The van der Waals surface area contributed by atoms with Crippen molar-refractivity contribution in [3.8, 4) is 0 Å². The van der Waals surface area contributed by atoms with Crippen LogP contribution in [0.3, 0.4) is 0 Å². The molecular formula is C13H17F3N4O. The van der Waals surface area contributed by atoms with Crippen molar-refractivity contribution < 1.29 is 18.0 Å². The molecule has 0 bridgehead atoms. The van der Waals surface area contributed by atoms with Gasteiger partial charge in [0.05, 0.1) is 5.69 Å². The van der Waals surface area contributed by atoms with E-state index in [1.54, 1.807) is 0 Å². The molecule has 5 nitrogen and oxygen atoms in total. The lowest BCUT2D eigenvalue weighted by atomic mass is 10.2. The second kappa shape index (κ2) is 6.38. The van der Waals surface area contributed by atoms with E-state index in [-0.39, 0.29) is 0 Å². The Bertz CT molecular complexity index is 498. The molecule has 1 saturated heterocycles. The summed E-state index contributed by atoms with van der Waals surface area (Å²) in [4.78, 5) is 23.0. The van der Waals surface area contributed by atoms with Gasteiger partial charge >= 0.3 is 6.18 Å². The van der Waals surface area contributed by atoms with Crippen LogP contribution in [0.1, 0.15) is 17.8 Å². The minimum atomic E-state index is -4.44. The van der Waals surface area contributed by atoms with Crippen molar-refractivity contribution in [2.24, 2.45) is 0 Å². The van der Waals surface area contributed by atoms with E-state index in [2.05, 4.69) is 14.9 Å². The Labute approximate surface area is 120 Å². The maximum absolute atomic E-state index is 12.2. The average Bonchev–Trinajstić information content (AvgIpc) is 2.37. The summed E-state index contributed by atoms with van der Waals surface area (Å²) in [5, 5.41) is 0. The van der Waals surface area contributed by atoms with E-state index in [1.807, 2.05) is 13.0 Å². The highest BCUT2D eigenvalue weighted by Crippen LogP contribution is 2.21. The summed E-state index contributed by atoms with van der Waals surface area (Å²) in [6.45, 7) is 4.22. The van der Waals surface area contributed by atoms with E-state index < -0.39 is 18.5 Å². The number of carbonyl (C=O) groups excluding carboxylic acids is 1. The lowest BCUT2D eigenvalue weighted by Gasteiger charge is -2.34. The largest absolute Gasteiger partial charge is 0.397 e. The molecule has 2 heterocycles. The van der Waals surface area contributed by atoms with Crippen molar-refractivity contribution in [2.75, 3.05) is 26.2 Å². The summed E-state index contributed by atoms with van der Waals surface area (Å²) >= 11 is 0. The summed E-state index contributed by atoms with van der Waals surface area (Å²) in [7, 11) is 0.